The standard InChI is InChI=1S/C12H8F2N2/c13-9-1-5-11(6-2-9)15-16-12-7-3-10(14)4-8-12/h1-8H. The van der Waals surface area contributed by atoms with Crippen molar-refractivity contribution in [2.75, 3.05) is 0 Å². The maximum atomic E-state index is 12.6. The Balaban J connectivity index is 2.15. The summed E-state index contributed by atoms with van der Waals surface area (Å²) in [5.74, 6) is -0.638. The summed E-state index contributed by atoms with van der Waals surface area (Å²) < 4.78 is 25.2. The fourth-order valence-corrected chi connectivity index (χ4v) is 1.13. The average Bonchev–Trinajstić information content (AvgIpc) is 2.30. The van der Waals surface area contributed by atoms with Crippen molar-refractivity contribution in [3.8, 4) is 0 Å². The molecule has 2 aromatic carbocycles. The highest BCUT2D eigenvalue weighted by atomic mass is 19.1. The molecule has 0 N–H and O–H groups in total. The first kappa shape index (κ1) is 10.4. The monoisotopic (exact) mass is 218 g/mol. The second kappa shape index (κ2) is 4.61. The molecule has 0 unspecified atom stereocenters. The summed E-state index contributed by atoms with van der Waals surface area (Å²) in [7, 11) is 0. The van der Waals surface area contributed by atoms with E-state index in [4.69, 9.17) is 0 Å². The molecule has 0 bridgehead atoms. The van der Waals surface area contributed by atoms with Crippen molar-refractivity contribution in [3.05, 3.63) is 60.2 Å². The first-order valence-corrected chi connectivity index (χ1v) is 4.67. The van der Waals surface area contributed by atoms with Crippen molar-refractivity contribution in [1.29, 1.82) is 0 Å². The van der Waals surface area contributed by atoms with Gasteiger partial charge in [-0.1, -0.05) is 0 Å². The molecule has 0 atom stereocenters. The Bertz CT molecular complexity index is 442. The van der Waals surface area contributed by atoms with Crippen LogP contribution in [0.5, 0.6) is 0 Å². The molecule has 0 heterocycles. The molecule has 0 aromatic heterocycles. The molecule has 4 heteroatoms. The quantitative estimate of drug-likeness (QED) is 0.668. The molecule has 0 aliphatic carbocycles. The van der Waals surface area contributed by atoms with Gasteiger partial charge in [-0.2, -0.15) is 10.2 Å². The van der Waals surface area contributed by atoms with Crippen LogP contribution in [0, 0.1) is 11.6 Å². The minimum atomic E-state index is -0.319. The predicted molar refractivity (Wildman–Crippen MR) is 57.0 cm³/mol. The van der Waals surface area contributed by atoms with Crippen LogP contribution >= 0.6 is 0 Å². The lowest BCUT2D eigenvalue weighted by Crippen LogP contribution is -1.70. The summed E-state index contributed by atoms with van der Waals surface area (Å²) >= 11 is 0. The maximum Gasteiger partial charge on any atom is 0.123 e. The van der Waals surface area contributed by atoms with Gasteiger partial charge in [-0.15, -0.1) is 0 Å². The van der Waals surface area contributed by atoms with Crippen molar-refractivity contribution in [2.24, 2.45) is 10.2 Å². The summed E-state index contributed by atoms with van der Waals surface area (Å²) in [5, 5.41) is 7.77. The number of nitrogens with zero attached hydrogens (tertiary/aromatic N) is 2. The van der Waals surface area contributed by atoms with Gasteiger partial charge in [0.15, 0.2) is 0 Å². The van der Waals surface area contributed by atoms with E-state index in [-0.39, 0.29) is 11.6 Å². The maximum absolute atomic E-state index is 12.6. The minimum absolute atomic E-state index is 0.319. The molecule has 16 heavy (non-hydrogen) atoms. The fraction of sp³-hybridized carbons (Fsp3) is 0. The van der Waals surface area contributed by atoms with Crippen molar-refractivity contribution >= 4 is 11.4 Å². The van der Waals surface area contributed by atoms with E-state index in [1.165, 1.54) is 48.5 Å². The van der Waals surface area contributed by atoms with Crippen LogP contribution in [0.3, 0.4) is 0 Å². The highest BCUT2D eigenvalue weighted by molar-refractivity contribution is 5.39. The van der Waals surface area contributed by atoms with Gasteiger partial charge in [0.1, 0.15) is 11.6 Å². The largest absolute Gasteiger partial charge is 0.207 e. The van der Waals surface area contributed by atoms with Gasteiger partial charge < -0.3 is 0 Å². The summed E-state index contributed by atoms with van der Waals surface area (Å²) in [4.78, 5) is 0. The van der Waals surface area contributed by atoms with Crippen molar-refractivity contribution in [2.45, 2.75) is 0 Å². The number of halogens is 2. The lowest BCUT2D eigenvalue weighted by atomic mass is 10.3. The molecule has 0 aliphatic heterocycles. The summed E-state index contributed by atoms with van der Waals surface area (Å²) in [6.07, 6.45) is 0. The molecule has 2 aromatic rings. The van der Waals surface area contributed by atoms with E-state index in [1.807, 2.05) is 0 Å². The Hall–Kier alpha value is -2.10. The van der Waals surface area contributed by atoms with E-state index >= 15 is 0 Å². The molecule has 0 saturated heterocycles. The first-order valence-electron chi connectivity index (χ1n) is 4.67. The molecule has 0 spiro atoms. The third-order valence-electron chi connectivity index (χ3n) is 1.93. The zero-order chi connectivity index (χ0) is 11.4. The van der Waals surface area contributed by atoms with E-state index in [9.17, 15) is 8.78 Å². The van der Waals surface area contributed by atoms with Gasteiger partial charge in [-0.3, -0.25) is 0 Å². The van der Waals surface area contributed by atoms with E-state index in [2.05, 4.69) is 10.2 Å². The molecule has 0 amide bonds. The number of hydrogen-bond donors (Lipinski definition) is 0. The Morgan fingerprint density at radius 2 is 0.875 bits per heavy atom. The van der Waals surface area contributed by atoms with Crippen LogP contribution in [0.15, 0.2) is 58.8 Å². The van der Waals surface area contributed by atoms with Crippen LogP contribution in [-0.2, 0) is 0 Å². The second-order valence-electron chi connectivity index (χ2n) is 3.15. The van der Waals surface area contributed by atoms with E-state index in [0.29, 0.717) is 11.4 Å². The normalized spacial score (nSPS) is 10.9. The number of rotatable bonds is 2. The molecule has 80 valence electrons. The smallest absolute Gasteiger partial charge is 0.123 e. The Kier molecular flexibility index (Phi) is 3.00. The first-order chi connectivity index (χ1) is 7.74. The summed E-state index contributed by atoms with van der Waals surface area (Å²) in [6, 6.07) is 11.3. The highest BCUT2D eigenvalue weighted by Crippen LogP contribution is 2.18. The zero-order valence-electron chi connectivity index (χ0n) is 8.27. The average molecular weight is 218 g/mol. The Morgan fingerprint density at radius 1 is 0.562 bits per heavy atom. The third kappa shape index (κ3) is 2.70. The Labute approximate surface area is 91.3 Å². The van der Waals surface area contributed by atoms with E-state index in [1.54, 1.807) is 0 Å². The van der Waals surface area contributed by atoms with Crippen molar-refractivity contribution < 1.29 is 8.78 Å². The van der Waals surface area contributed by atoms with E-state index < -0.39 is 0 Å². The third-order valence-corrected chi connectivity index (χ3v) is 1.93. The fourth-order valence-electron chi connectivity index (χ4n) is 1.13. The lowest BCUT2D eigenvalue weighted by Gasteiger charge is -1.93. The predicted octanol–water partition coefficient (Wildman–Crippen LogP) is 4.38. The summed E-state index contributed by atoms with van der Waals surface area (Å²) in [6.45, 7) is 0. The van der Waals surface area contributed by atoms with Crippen LogP contribution in [0.25, 0.3) is 0 Å². The van der Waals surface area contributed by atoms with Gasteiger partial charge in [0, 0.05) is 0 Å². The van der Waals surface area contributed by atoms with Gasteiger partial charge in [-0.05, 0) is 48.5 Å². The topological polar surface area (TPSA) is 24.7 Å². The molecule has 2 nitrogen and oxygen atoms in total. The van der Waals surface area contributed by atoms with Gasteiger partial charge in [0.25, 0.3) is 0 Å². The number of benzene rings is 2. The summed E-state index contributed by atoms with van der Waals surface area (Å²) in [5.41, 5.74) is 1.09. The van der Waals surface area contributed by atoms with Crippen molar-refractivity contribution in [3.63, 3.8) is 0 Å². The van der Waals surface area contributed by atoms with Crippen LogP contribution in [0.4, 0.5) is 20.2 Å². The van der Waals surface area contributed by atoms with Crippen LogP contribution in [-0.4, -0.2) is 0 Å². The molecule has 0 aliphatic rings. The van der Waals surface area contributed by atoms with Crippen LogP contribution < -0.4 is 0 Å². The van der Waals surface area contributed by atoms with Gasteiger partial charge in [0.05, 0.1) is 11.4 Å². The Morgan fingerprint density at radius 3 is 1.19 bits per heavy atom. The molecule has 0 fully saturated rings. The molecule has 0 radical (unpaired) electrons. The highest BCUT2D eigenvalue weighted by Gasteiger charge is 1.92. The number of hydrogen-bond acceptors (Lipinski definition) is 2. The van der Waals surface area contributed by atoms with Crippen LogP contribution in [0.1, 0.15) is 0 Å². The molecule has 2 rings (SSSR count). The number of azo groups is 1. The van der Waals surface area contributed by atoms with Gasteiger partial charge in [-0.25, -0.2) is 8.78 Å². The van der Waals surface area contributed by atoms with Crippen molar-refractivity contribution in [1.82, 2.24) is 0 Å². The van der Waals surface area contributed by atoms with Crippen LogP contribution in [0.2, 0.25) is 0 Å². The van der Waals surface area contributed by atoms with Gasteiger partial charge >= 0.3 is 0 Å². The van der Waals surface area contributed by atoms with Gasteiger partial charge in [0.2, 0.25) is 0 Å². The minimum Gasteiger partial charge on any atom is -0.207 e. The molecular formula is C12H8F2N2. The lowest BCUT2D eigenvalue weighted by molar-refractivity contribution is 0.627. The SMILES string of the molecule is Fc1ccc(N=Nc2ccc(F)cc2)cc1. The second-order valence-corrected chi connectivity index (χ2v) is 3.15. The molecule has 0 saturated carbocycles. The molecular weight excluding hydrogens is 210 g/mol. The van der Waals surface area contributed by atoms with E-state index in [0.717, 1.165) is 0 Å². The zero-order valence-corrected chi connectivity index (χ0v) is 8.27.